The molecule has 16 heavy (non-hydrogen) atoms. The lowest BCUT2D eigenvalue weighted by Gasteiger charge is -2.11. The summed E-state index contributed by atoms with van der Waals surface area (Å²) in [6, 6.07) is 7.62. The predicted octanol–water partition coefficient (Wildman–Crippen LogP) is 2.54. The molecule has 0 aromatic heterocycles. The van der Waals surface area contributed by atoms with Crippen LogP contribution in [0.3, 0.4) is 0 Å². The SMILES string of the molecule is Cc1c(Br)cccc1C(=O)NC1(C#N)CC1. The number of carbonyl (C=O) groups excluding carboxylic acids is 1. The third-order valence-electron chi connectivity index (χ3n) is 2.83. The van der Waals surface area contributed by atoms with Crippen LogP contribution >= 0.6 is 15.9 Å². The van der Waals surface area contributed by atoms with Crippen molar-refractivity contribution in [2.24, 2.45) is 0 Å². The number of nitrogens with one attached hydrogen (secondary N) is 1. The van der Waals surface area contributed by atoms with E-state index in [0.29, 0.717) is 5.56 Å². The molecular formula is C12H11BrN2O. The fourth-order valence-corrected chi connectivity index (χ4v) is 1.89. The number of hydrogen-bond donors (Lipinski definition) is 1. The van der Waals surface area contributed by atoms with Crippen molar-refractivity contribution in [2.75, 3.05) is 0 Å². The highest BCUT2D eigenvalue weighted by Crippen LogP contribution is 2.34. The Balaban J connectivity index is 2.22. The van der Waals surface area contributed by atoms with Gasteiger partial charge < -0.3 is 5.32 Å². The average molecular weight is 279 g/mol. The summed E-state index contributed by atoms with van der Waals surface area (Å²) in [5, 5.41) is 11.7. The minimum Gasteiger partial charge on any atom is -0.334 e. The molecule has 82 valence electrons. The quantitative estimate of drug-likeness (QED) is 0.904. The third-order valence-corrected chi connectivity index (χ3v) is 3.69. The highest BCUT2D eigenvalue weighted by Gasteiger charge is 2.44. The van der Waals surface area contributed by atoms with Crippen molar-refractivity contribution in [1.29, 1.82) is 5.26 Å². The molecule has 1 amide bonds. The highest BCUT2D eigenvalue weighted by molar-refractivity contribution is 9.10. The highest BCUT2D eigenvalue weighted by atomic mass is 79.9. The molecule has 2 rings (SSSR count). The maximum absolute atomic E-state index is 11.9. The van der Waals surface area contributed by atoms with Crippen molar-refractivity contribution in [3.05, 3.63) is 33.8 Å². The number of benzene rings is 1. The van der Waals surface area contributed by atoms with Gasteiger partial charge in [-0.1, -0.05) is 22.0 Å². The lowest BCUT2D eigenvalue weighted by Crippen LogP contribution is -2.35. The molecule has 1 aliphatic carbocycles. The van der Waals surface area contributed by atoms with Gasteiger partial charge in [0.2, 0.25) is 0 Å². The van der Waals surface area contributed by atoms with Crippen LogP contribution in [0.25, 0.3) is 0 Å². The van der Waals surface area contributed by atoms with E-state index >= 15 is 0 Å². The summed E-state index contributed by atoms with van der Waals surface area (Å²) in [4.78, 5) is 11.9. The molecule has 1 aromatic rings. The topological polar surface area (TPSA) is 52.9 Å². The van der Waals surface area contributed by atoms with Crippen LogP contribution in [-0.2, 0) is 0 Å². The number of nitriles is 1. The molecule has 4 heteroatoms. The van der Waals surface area contributed by atoms with Crippen molar-refractivity contribution in [2.45, 2.75) is 25.3 Å². The number of hydrogen-bond acceptors (Lipinski definition) is 2. The molecule has 0 bridgehead atoms. The van der Waals surface area contributed by atoms with Gasteiger partial charge >= 0.3 is 0 Å². The minimum absolute atomic E-state index is 0.169. The number of nitrogens with zero attached hydrogens (tertiary/aromatic N) is 1. The van der Waals surface area contributed by atoms with Crippen LogP contribution < -0.4 is 5.32 Å². The second-order valence-corrected chi connectivity index (χ2v) is 4.91. The Hall–Kier alpha value is -1.34. The van der Waals surface area contributed by atoms with Crippen molar-refractivity contribution in [1.82, 2.24) is 5.32 Å². The summed E-state index contributed by atoms with van der Waals surface area (Å²) in [6.07, 6.45) is 1.50. The van der Waals surface area contributed by atoms with E-state index in [1.807, 2.05) is 19.1 Å². The van der Waals surface area contributed by atoms with E-state index in [2.05, 4.69) is 27.3 Å². The molecule has 3 nitrogen and oxygen atoms in total. The Morgan fingerprint density at radius 2 is 2.25 bits per heavy atom. The molecule has 0 heterocycles. The molecule has 1 aliphatic rings. The Kier molecular flexibility index (Phi) is 2.73. The lowest BCUT2D eigenvalue weighted by atomic mass is 10.1. The molecule has 0 aliphatic heterocycles. The third kappa shape index (κ3) is 1.96. The van der Waals surface area contributed by atoms with Gasteiger partial charge in [-0.25, -0.2) is 0 Å². The van der Waals surface area contributed by atoms with E-state index < -0.39 is 5.54 Å². The lowest BCUT2D eigenvalue weighted by molar-refractivity contribution is 0.0941. The van der Waals surface area contributed by atoms with Gasteiger partial charge in [0.25, 0.3) is 5.91 Å². The number of halogens is 1. The van der Waals surface area contributed by atoms with Crippen LogP contribution in [-0.4, -0.2) is 11.4 Å². The second kappa shape index (κ2) is 3.91. The molecule has 0 atom stereocenters. The van der Waals surface area contributed by atoms with Crippen LogP contribution in [0.2, 0.25) is 0 Å². The van der Waals surface area contributed by atoms with Crippen LogP contribution in [0, 0.1) is 18.3 Å². The average Bonchev–Trinajstić information content (AvgIpc) is 3.02. The fourth-order valence-electron chi connectivity index (χ4n) is 1.53. The van der Waals surface area contributed by atoms with Crippen LogP contribution in [0.5, 0.6) is 0 Å². The van der Waals surface area contributed by atoms with Crippen LogP contribution in [0.15, 0.2) is 22.7 Å². The smallest absolute Gasteiger partial charge is 0.252 e. The van der Waals surface area contributed by atoms with Gasteiger partial charge in [-0.2, -0.15) is 5.26 Å². The molecule has 1 fully saturated rings. The van der Waals surface area contributed by atoms with E-state index in [0.717, 1.165) is 22.9 Å². The van der Waals surface area contributed by atoms with Gasteiger partial charge in [0.05, 0.1) is 6.07 Å². The monoisotopic (exact) mass is 278 g/mol. The van der Waals surface area contributed by atoms with Crippen molar-refractivity contribution in [3.8, 4) is 6.07 Å². The molecule has 1 N–H and O–H groups in total. The van der Waals surface area contributed by atoms with Gasteiger partial charge in [-0.15, -0.1) is 0 Å². The summed E-state index contributed by atoms with van der Waals surface area (Å²) in [7, 11) is 0. The Labute approximate surface area is 103 Å². The first kappa shape index (κ1) is 11.2. The van der Waals surface area contributed by atoms with Gasteiger partial charge in [0.1, 0.15) is 5.54 Å². The first-order chi connectivity index (χ1) is 7.58. The zero-order valence-corrected chi connectivity index (χ0v) is 10.5. The van der Waals surface area contributed by atoms with Crippen molar-refractivity contribution < 1.29 is 4.79 Å². The number of carbonyl (C=O) groups is 1. The van der Waals surface area contributed by atoms with Gasteiger partial charge in [0.15, 0.2) is 0 Å². The Morgan fingerprint density at radius 3 is 2.81 bits per heavy atom. The van der Waals surface area contributed by atoms with E-state index in [9.17, 15) is 4.79 Å². The normalized spacial score (nSPS) is 16.3. The fraction of sp³-hybridized carbons (Fsp3) is 0.333. The predicted molar refractivity (Wildman–Crippen MR) is 63.9 cm³/mol. The Bertz CT molecular complexity index is 486. The zero-order chi connectivity index (χ0) is 11.8. The second-order valence-electron chi connectivity index (χ2n) is 4.06. The largest absolute Gasteiger partial charge is 0.334 e. The first-order valence-corrected chi connectivity index (χ1v) is 5.86. The van der Waals surface area contributed by atoms with Crippen molar-refractivity contribution >= 4 is 21.8 Å². The molecule has 0 saturated heterocycles. The molecular weight excluding hydrogens is 268 g/mol. The van der Waals surface area contributed by atoms with Gasteiger partial charge in [-0.05, 0) is 37.5 Å². The summed E-state index contributed by atoms with van der Waals surface area (Å²) in [5.74, 6) is -0.169. The molecule has 1 saturated carbocycles. The summed E-state index contributed by atoms with van der Waals surface area (Å²) < 4.78 is 0.905. The van der Waals surface area contributed by atoms with Gasteiger partial charge in [-0.3, -0.25) is 4.79 Å². The maximum atomic E-state index is 11.9. The van der Waals surface area contributed by atoms with E-state index in [-0.39, 0.29) is 5.91 Å². The summed E-state index contributed by atoms with van der Waals surface area (Å²) in [6.45, 7) is 1.88. The Morgan fingerprint density at radius 1 is 1.56 bits per heavy atom. The zero-order valence-electron chi connectivity index (χ0n) is 8.88. The van der Waals surface area contributed by atoms with E-state index in [4.69, 9.17) is 5.26 Å². The van der Waals surface area contributed by atoms with Gasteiger partial charge in [0, 0.05) is 10.0 Å². The number of rotatable bonds is 2. The minimum atomic E-state index is -0.605. The number of amides is 1. The molecule has 1 aromatic carbocycles. The van der Waals surface area contributed by atoms with E-state index in [1.165, 1.54) is 0 Å². The van der Waals surface area contributed by atoms with Crippen LogP contribution in [0.1, 0.15) is 28.8 Å². The molecule has 0 radical (unpaired) electrons. The van der Waals surface area contributed by atoms with Crippen molar-refractivity contribution in [3.63, 3.8) is 0 Å². The summed E-state index contributed by atoms with van der Waals surface area (Å²) >= 11 is 3.38. The summed E-state index contributed by atoms with van der Waals surface area (Å²) in [5.41, 5.74) is 0.913. The molecule has 0 spiro atoms. The standard InChI is InChI=1S/C12H11BrN2O/c1-8-9(3-2-4-10(8)13)11(16)15-12(7-14)5-6-12/h2-4H,5-6H2,1H3,(H,15,16). The first-order valence-electron chi connectivity index (χ1n) is 5.07. The van der Waals surface area contributed by atoms with Crippen LogP contribution in [0.4, 0.5) is 0 Å². The maximum Gasteiger partial charge on any atom is 0.252 e. The van der Waals surface area contributed by atoms with E-state index in [1.54, 1.807) is 6.07 Å². The molecule has 0 unspecified atom stereocenters.